The van der Waals surface area contributed by atoms with Gasteiger partial charge in [0.1, 0.15) is 5.15 Å². The summed E-state index contributed by atoms with van der Waals surface area (Å²) in [7, 11) is 0. The Labute approximate surface area is 165 Å². The van der Waals surface area contributed by atoms with Crippen LogP contribution in [0.5, 0.6) is 0 Å². The van der Waals surface area contributed by atoms with Crippen LogP contribution in [-0.2, 0) is 13.0 Å². The lowest BCUT2D eigenvalue weighted by Crippen LogP contribution is -2.19. The monoisotopic (exact) mass is 380 g/mol. The zero-order chi connectivity index (χ0) is 18.6. The Bertz CT molecular complexity index is 866. The quantitative estimate of drug-likeness (QED) is 0.551. The molecular formula is C22H25ClN4. The Kier molecular flexibility index (Phi) is 5.55. The lowest BCUT2D eigenvalue weighted by Gasteiger charge is -2.13. The molecule has 1 saturated carbocycles. The number of hydrogen-bond donors (Lipinski definition) is 2. The van der Waals surface area contributed by atoms with Crippen LogP contribution in [0.15, 0.2) is 48.7 Å². The molecule has 0 spiro atoms. The van der Waals surface area contributed by atoms with Gasteiger partial charge in [-0.1, -0.05) is 48.9 Å². The topological polar surface area (TPSA) is 53.6 Å². The summed E-state index contributed by atoms with van der Waals surface area (Å²) in [5.41, 5.74) is 6.24. The summed E-state index contributed by atoms with van der Waals surface area (Å²) in [6, 6.07) is 14.9. The molecule has 2 N–H and O–H groups in total. The molecule has 1 atom stereocenters. The molecular weight excluding hydrogens is 356 g/mol. The summed E-state index contributed by atoms with van der Waals surface area (Å²) in [6.07, 6.45) is 5.35. The van der Waals surface area contributed by atoms with Gasteiger partial charge >= 0.3 is 0 Å². The van der Waals surface area contributed by atoms with Crippen molar-refractivity contribution in [2.45, 2.75) is 44.6 Å². The first-order valence-electron chi connectivity index (χ1n) is 9.61. The molecule has 5 heteroatoms. The molecule has 0 aliphatic heterocycles. The molecule has 1 fully saturated rings. The molecule has 27 heavy (non-hydrogen) atoms. The van der Waals surface area contributed by atoms with Crippen LogP contribution < -0.4 is 5.32 Å². The van der Waals surface area contributed by atoms with Gasteiger partial charge in [-0.2, -0.15) is 5.10 Å². The highest BCUT2D eigenvalue weighted by atomic mass is 35.5. The summed E-state index contributed by atoms with van der Waals surface area (Å²) >= 11 is 5.85. The predicted octanol–water partition coefficient (Wildman–Crippen LogP) is 4.82. The van der Waals surface area contributed by atoms with E-state index >= 15 is 0 Å². The van der Waals surface area contributed by atoms with Crippen molar-refractivity contribution in [3.63, 3.8) is 0 Å². The van der Waals surface area contributed by atoms with Crippen LogP contribution >= 0.6 is 11.6 Å². The minimum absolute atomic E-state index is 0.398. The van der Waals surface area contributed by atoms with Crippen LogP contribution in [0.1, 0.15) is 59.7 Å². The first kappa shape index (κ1) is 18.2. The van der Waals surface area contributed by atoms with Gasteiger partial charge in [-0.3, -0.25) is 5.10 Å². The molecule has 1 aliphatic rings. The fourth-order valence-corrected chi connectivity index (χ4v) is 3.39. The Balaban J connectivity index is 1.25. The molecule has 2 aromatic heterocycles. The Morgan fingerprint density at radius 3 is 2.63 bits per heavy atom. The van der Waals surface area contributed by atoms with E-state index in [1.165, 1.54) is 40.9 Å². The number of halogens is 1. The van der Waals surface area contributed by atoms with E-state index in [0.29, 0.717) is 17.0 Å². The standard InChI is InChI=1S/C22H25ClN4/c1-15(19-8-9-22(23)25-14-19)12-24-13-17-4-2-16(3-5-17)10-20-11-21(27-26-20)18-6-7-18/h2-5,8-9,11,14-15,18,24H,6-7,10,12-13H2,1H3,(H,26,27). The smallest absolute Gasteiger partial charge is 0.129 e. The average Bonchev–Trinajstić information content (AvgIpc) is 3.43. The van der Waals surface area contributed by atoms with Crippen LogP contribution in [0.25, 0.3) is 0 Å². The van der Waals surface area contributed by atoms with Crippen molar-refractivity contribution in [2.24, 2.45) is 0 Å². The van der Waals surface area contributed by atoms with Gasteiger partial charge in [-0.15, -0.1) is 0 Å². The van der Waals surface area contributed by atoms with Gasteiger partial charge in [0.05, 0.1) is 5.69 Å². The highest BCUT2D eigenvalue weighted by molar-refractivity contribution is 6.29. The van der Waals surface area contributed by atoms with Crippen LogP contribution in [0.4, 0.5) is 0 Å². The average molecular weight is 381 g/mol. The molecule has 4 nitrogen and oxygen atoms in total. The van der Waals surface area contributed by atoms with E-state index in [4.69, 9.17) is 11.6 Å². The Morgan fingerprint density at radius 2 is 1.93 bits per heavy atom. The molecule has 0 amide bonds. The van der Waals surface area contributed by atoms with E-state index in [9.17, 15) is 0 Å². The van der Waals surface area contributed by atoms with Gasteiger partial charge in [0, 0.05) is 37.3 Å². The second-order valence-electron chi connectivity index (χ2n) is 7.53. The second kappa shape index (κ2) is 8.24. The molecule has 140 valence electrons. The summed E-state index contributed by atoms with van der Waals surface area (Å²) in [5.74, 6) is 1.10. The van der Waals surface area contributed by atoms with E-state index in [-0.39, 0.29) is 0 Å². The third-order valence-electron chi connectivity index (χ3n) is 5.16. The Hall–Kier alpha value is -2.17. The van der Waals surface area contributed by atoms with Gasteiger partial charge in [0.2, 0.25) is 0 Å². The molecule has 1 aliphatic carbocycles. The minimum Gasteiger partial charge on any atom is -0.312 e. The number of aromatic amines is 1. The van der Waals surface area contributed by atoms with Crippen LogP contribution in [0.2, 0.25) is 5.15 Å². The molecule has 1 aromatic carbocycles. The number of hydrogen-bond acceptors (Lipinski definition) is 3. The van der Waals surface area contributed by atoms with E-state index in [1.807, 2.05) is 18.3 Å². The first-order chi connectivity index (χ1) is 13.2. The fraction of sp³-hybridized carbons (Fsp3) is 0.364. The molecule has 0 radical (unpaired) electrons. The minimum atomic E-state index is 0.398. The number of benzene rings is 1. The third kappa shape index (κ3) is 4.96. The predicted molar refractivity (Wildman–Crippen MR) is 109 cm³/mol. The van der Waals surface area contributed by atoms with Crippen molar-refractivity contribution in [1.82, 2.24) is 20.5 Å². The first-order valence-corrected chi connectivity index (χ1v) is 9.99. The van der Waals surface area contributed by atoms with E-state index in [2.05, 4.69) is 57.8 Å². The van der Waals surface area contributed by atoms with Gasteiger partial charge in [0.25, 0.3) is 0 Å². The number of rotatable bonds is 8. The molecule has 2 heterocycles. The summed E-state index contributed by atoms with van der Waals surface area (Å²) in [4.78, 5) is 4.16. The normalized spacial score (nSPS) is 15.0. The van der Waals surface area contributed by atoms with E-state index < -0.39 is 0 Å². The van der Waals surface area contributed by atoms with Crippen molar-refractivity contribution >= 4 is 11.6 Å². The zero-order valence-electron chi connectivity index (χ0n) is 15.6. The number of nitrogens with zero attached hydrogens (tertiary/aromatic N) is 2. The fourth-order valence-electron chi connectivity index (χ4n) is 3.28. The number of H-pyrrole nitrogens is 1. The molecule has 4 rings (SSSR count). The lowest BCUT2D eigenvalue weighted by molar-refractivity contribution is 0.614. The number of nitrogens with one attached hydrogen (secondary N) is 2. The maximum atomic E-state index is 5.85. The summed E-state index contributed by atoms with van der Waals surface area (Å²) < 4.78 is 0. The summed E-state index contributed by atoms with van der Waals surface area (Å²) in [6.45, 7) is 3.96. The van der Waals surface area contributed by atoms with Gasteiger partial charge < -0.3 is 5.32 Å². The molecule has 3 aromatic rings. The van der Waals surface area contributed by atoms with Crippen molar-refractivity contribution in [1.29, 1.82) is 0 Å². The molecule has 0 saturated heterocycles. The highest BCUT2D eigenvalue weighted by Gasteiger charge is 2.25. The SMILES string of the molecule is CC(CNCc1ccc(Cc2cc(C3CC3)n[nH]2)cc1)c1ccc(Cl)nc1. The molecule has 1 unspecified atom stereocenters. The summed E-state index contributed by atoms with van der Waals surface area (Å²) in [5, 5.41) is 11.7. The van der Waals surface area contributed by atoms with Gasteiger partial charge in [0.15, 0.2) is 0 Å². The van der Waals surface area contributed by atoms with E-state index in [0.717, 1.165) is 19.5 Å². The van der Waals surface area contributed by atoms with Crippen molar-refractivity contribution < 1.29 is 0 Å². The third-order valence-corrected chi connectivity index (χ3v) is 5.39. The van der Waals surface area contributed by atoms with Crippen LogP contribution in [0.3, 0.4) is 0 Å². The largest absolute Gasteiger partial charge is 0.312 e. The number of aromatic nitrogens is 3. The van der Waals surface area contributed by atoms with E-state index in [1.54, 1.807) is 0 Å². The maximum Gasteiger partial charge on any atom is 0.129 e. The maximum absolute atomic E-state index is 5.85. The molecule has 0 bridgehead atoms. The highest BCUT2D eigenvalue weighted by Crippen LogP contribution is 2.39. The number of pyridine rings is 1. The zero-order valence-corrected chi connectivity index (χ0v) is 16.3. The van der Waals surface area contributed by atoms with Crippen molar-refractivity contribution in [3.05, 3.63) is 81.9 Å². The Morgan fingerprint density at radius 1 is 1.15 bits per heavy atom. The second-order valence-corrected chi connectivity index (χ2v) is 7.92. The lowest BCUT2D eigenvalue weighted by atomic mass is 10.0. The van der Waals surface area contributed by atoms with Crippen LogP contribution in [0, 0.1) is 0 Å². The van der Waals surface area contributed by atoms with Crippen molar-refractivity contribution in [2.75, 3.05) is 6.54 Å². The van der Waals surface area contributed by atoms with Crippen LogP contribution in [-0.4, -0.2) is 21.7 Å². The van der Waals surface area contributed by atoms with Crippen molar-refractivity contribution in [3.8, 4) is 0 Å². The van der Waals surface area contributed by atoms with Gasteiger partial charge in [-0.05, 0) is 47.6 Å². The van der Waals surface area contributed by atoms with Gasteiger partial charge in [-0.25, -0.2) is 4.98 Å².